The molecule has 1 amide bonds. The molecular formula is C19H18FNO4. The van der Waals surface area contributed by atoms with Crippen molar-refractivity contribution in [1.82, 2.24) is 0 Å². The number of methoxy groups -OCH3 is 1. The maximum atomic E-state index is 13.0. The fourth-order valence-electron chi connectivity index (χ4n) is 2.76. The summed E-state index contributed by atoms with van der Waals surface area (Å²) in [6.07, 6.45) is -0.488. The number of hydrogen-bond donors (Lipinski definition) is 0. The van der Waals surface area contributed by atoms with E-state index < -0.39 is 12.1 Å². The van der Waals surface area contributed by atoms with Crippen LogP contribution in [0.2, 0.25) is 0 Å². The van der Waals surface area contributed by atoms with E-state index in [2.05, 4.69) is 4.74 Å². The molecule has 0 aromatic heterocycles. The minimum Gasteiger partial charge on any atom is -0.478 e. The molecule has 1 heterocycles. The van der Waals surface area contributed by atoms with Crippen molar-refractivity contribution >= 4 is 17.6 Å². The molecule has 1 atom stereocenters. The predicted molar refractivity (Wildman–Crippen MR) is 89.9 cm³/mol. The number of halogens is 1. The molecule has 0 saturated heterocycles. The number of carbonyl (C=O) groups is 2. The van der Waals surface area contributed by atoms with E-state index in [1.807, 2.05) is 12.1 Å². The smallest absolute Gasteiger partial charge is 0.309 e. The summed E-state index contributed by atoms with van der Waals surface area (Å²) in [5.41, 5.74) is 1.58. The quantitative estimate of drug-likeness (QED) is 0.784. The number of benzene rings is 2. The van der Waals surface area contributed by atoms with Gasteiger partial charge in [0, 0.05) is 6.54 Å². The summed E-state index contributed by atoms with van der Waals surface area (Å²) in [7, 11) is 1.27. The summed E-state index contributed by atoms with van der Waals surface area (Å²) < 4.78 is 23.3. The van der Waals surface area contributed by atoms with Crippen molar-refractivity contribution in [1.29, 1.82) is 0 Å². The Hall–Kier alpha value is -2.89. The number of nitrogens with zero attached hydrogens (tertiary/aromatic N) is 1. The van der Waals surface area contributed by atoms with Crippen molar-refractivity contribution in [2.45, 2.75) is 18.9 Å². The van der Waals surface area contributed by atoms with Crippen molar-refractivity contribution in [2.75, 3.05) is 18.6 Å². The lowest BCUT2D eigenvalue weighted by Crippen LogP contribution is -2.47. The molecular weight excluding hydrogens is 325 g/mol. The third kappa shape index (κ3) is 3.79. The van der Waals surface area contributed by atoms with Gasteiger partial charge in [-0.1, -0.05) is 24.3 Å². The van der Waals surface area contributed by atoms with E-state index in [-0.39, 0.29) is 18.1 Å². The first kappa shape index (κ1) is 17.0. The number of anilines is 1. The van der Waals surface area contributed by atoms with Gasteiger partial charge in [-0.2, -0.15) is 0 Å². The number of amides is 1. The van der Waals surface area contributed by atoms with Crippen LogP contribution in [0.1, 0.15) is 12.0 Å². The molecule has 1 aliphatic heterocycles. The Balaban J connectivity index is 1.80. The van der Waals surface area contributed by atoms with Crippen molar-refractivity contribution < 1.29 is 23.5 Å². The molecule has 0 bridgehead atoms. The first-order valence-electron chi connectivity index (χ1n) is 7.97. The van der Waals surface area contributed by atoms with Crippen molar-refractivity contribution in [2.24, 2.45) is 0 Å². The summed E-state index contributed by atoms with van der Waals surface area (Å²) in [6.45, 7) is 0.405. The van der Waals surface area contributed by atoms with Gasteiger partial charge in [-0.3, -0.25) is 9.59 Å². The summed E-state index contributed by atoms with van der Waals surface area (Å²) in [5, 5.41) is 0. The number of hydrogen-bond acceptors (Lipinski definition) is 4. The van der Waals surface area contributed by atoms with Crippen LogP contribution in [0.15, 0.2) is 48.5 Å². The fourth-order valence-corrected chi connectivity index (χ4v) is 2.76. The largest absolute Gasteiger partial charge is 0.478 e. The van der Waals surface area contributed by atoms with E-state index in [0.29, 0.717) is 24.4 Å². The van der Waals surface area contributed by atoms with Crippen molar-refractivity contribution in [3.63, 3.8) is 0 Å². The second-order valence-corrected chi connectivity index (χ2v) is 5.72. The van der Waals surface area contributed by atoms with Gasteiger partial charge in [0.05, 0.1) is 19.2 Å². The van der Waals surface area contributed by atoms with Gasteiger partial charge in [0.2, 0.25) is 0 Å². The maximum absolute atomic E-state index is 13.0. The Bertz CT molecular complexity index is 775. The Morgan fingerprint density at radius 3 is 2.64 bits per heavy atom. The molecule has 2 aromatic carbocycles. The summed E-state index contributed by atoms with van der Waals surface area (Å²) in [4.78, 5) is 25.9. The molecule has 0 radical (unpaired) electrons. The number of ether oxygens (including phenoxy) is 2. The SMILES string of the molecule is COC(=O)C[C@H]1Oc2ccccc2N(CCc2ccc(F)cc2)C1=O. The minimum atomic E-state index is -0.907. The van der Waals surface area contributed by atoms with Crippen LogP contribution in [0.4, 0.5) is 10.1 Å². The monoisotopic (exact) mass is 343 g/mol. The molecule has 0 aliphatic carbocycles. The number of fused-ring (bicyclic) bond motifs is 1. The second-order valence-electron chi connectivity index (χ2n) is 5.72. The van der Waals surface area contributed by atoms with Gasteiger partial charge in [0.15, 0.2) is 6.10 Å². The molecule has 0 fully saturated rings. The lowest BCUT2D eigenvalue weighted by atomic mass is 10.1. The highest BCUT2D eigenvalue weighted by Crippen LogP contribution is 2.34. The lowest BCUT2D eigenvalue weighted by Gasteiger charge is -2.34. The average Bonchev–Trinajstić information content (AvgIpc) is 2.63. The molecule has 1 aliphatic rings. The Morgan fingerprint density at radius 2 is 1.92 bits per heavy atom. The lowest BCUT2D eigenvalue weighted by molar-refractivity contribution is -0.145. The Kier molecular flexibility index (Phi) is 4.97. The number of rotatable bonds is 5. The van der Waals surface area contributed by atoms with E-state index in [1.165, 1.54) is 19.2 Å². The van der Waals surface area contributed by atoms with Crippen LogP contribution < -0.4 is 9.64 Å². The zero-order valence-corrected chi connectivity index (χ0v) is 13.8. The van der Waals surface area contributed by atoms with Gasteiger partial charge in [0.1, 0.15) is 11.6 Å². The van der Waals surface area contributed by atoms with Gasteiger partial charge < -0.3 is 14.4 Å². The summed E-state index contributed by atoms with van der Waals surface area (Å²) in [6, 6.07) is 13.4. The predicted octanol–water partition coefficient (Wildman–Crippen LogP) is 2.73. The van der Waals surface area contributed by atoms with Crippen LogP contribution in [0, 0.1) is 5.82 Å². The molecule has 0 unspecified atom stereocenters. The molecule has 6 heteroatoms. The summed E-state index contributed by atoms with van der Waals surface area (Å²) >= 11 is 0. The second kappa shape index (κ2) is 7.34. The maximum Gasteiger partial charge on any atom is 0.309 e. The highest BCUT2D eigenvalue weighted by atomic mass is 19.1. The Morgan fingerprint density at radius 1 is 1.20 bits per heavy atom. The zero-order valence-electron chi connectivity index (χ0n) is 13.8. The van der Waals surface area contributed by atoms with E-state index in [9.17, 15) is 14.0 Å². The number of esters is 1. The molecule has 0 spiro atoms. The van der Waals surface area contributed by atoms with Gasteiger partial charge in [-0.25, -0.2) is 4.39 Å². The van der Waals surface area contributed by atoms with E-state index in [0.717, 1.165) is 5.56 Å². The third-order valence-electron chi connectivity index (χ3n) is 4.08. The fraction of sp³-hybridized carbons (Fsp3) is 0.263. The van der Waals surface area contributed by atoms with Gasteiger partial charge in [-0.05, 0) is 36.2 Å². The zero-order chi connectivity index (χ0) is 17.8. The van der Waals surface area contributed by atoms with E-state index in [4.69, 9.17) is 4.74 Å². The van der Waals surface area contributed by atoms with E-state index >= 15 is 0 Å². The van der Waals surface area contributed by atoms with Gasteiger partial charge in [-0.15, -0.1) is 0 Å². The first-order valence-corrected chi connectivity index (χ1v) is 7.97. The van der Waals surface area contributed by atoms with Gasteiger partial charge in [0.25, 0.3) is 5.91 Å². The molecule has 2 aromatic rings. The topological polar surface area (TPSA) is 55.8 Å². The molecule has 130 valence electrons. The summed E-state index contributed by atoms with van der Waals surface area (Å²) in [5.74, 6) is -0.535. The third-order valence-corrected chi connectivity index (χ3v) is 4.08. The number of carbonyl (C=O) groups excluding carboxylic acids is 2. The van der Waals surface area contributed by atoms with Crippen LogP contribution >= 0.6 is 0 Å². The van der Waals surface area contributed by atoms with Crippen LogP contribution in [-0.4, -0.2) is 31.6 Å². The van der Waals surface area contributed by atoms with Crippen molar-refractivity contribution in [3.05, 3.63) is 59.9 Å². The standard InChI is InChI=1S/C19H18FNO4/c1-24-18(22)12-17-19(23)21(15-4-2-3-5-16(15)25-17)11-10-13-6-8-14(20)9-7-13/h2-9,17H,10-12H2,1H3/t17-/m1/s1. The van der Waals surface area contributed by atoms with Gasteiger partial charge >= 0.3 is 5.97 Å². The van der Waals surface area contributed by atoms with E-state index in [1.54, 1.807) is 29.2 Å². The highest BCUT2D eigenvalue weighted by molar-refractivity contribution is 6.01. The minimum absolute atomic E-state index is 0.142. The van der Waals surface area contributed by atoms with Crippen LogP contribution in [0.3, 0.4) is 0 Å². The molecule has 5 nitrogen and oxygen atoms in total. The average molecular weight is 343 g/mol. The van der Waals surface area contributed by atoms with Crippen molar-refractivity contribution in [3.8, 4) is 5.75 Å². The van der Waals surface area contributed by atoms with Crippen LogP contribution in [0.5, 0.6) is 5.75 Å². The Labute approximate surface area is 145 Å². The first-order chi connectivity index (χ1) is 12.1. The van der Waals surface area contributed by atoms with Crippen LogP contribution in [0.25, 0.3) is 0 Å². The highest BCUT2D eigenvalue weighted by Gasteiger charge is 2.35. The number of para-hydroxylation sites is 2. The molecule has 0 N–H and O–H groups in total. The molecule has 0 saturated carbocycles. The normalized spacial score (nSPS) is 16.2. The molecule has 3 rings (SSSR count). The molecule has 25 heavy (non-hydrogen) atoms. The van der Waals surface area contributed by atoms with Crippen LogP contribution in [-0.2, 0) is 20.7 Å².